The van der Waals surface area contributed by atoms with Gasteiger partial charge in [-0.15, -0.1) is 0 Å². The van der Waals surface area contributed by atoms with Crippen molar-refractivity contribution in [2.24, 2.45) is 0 Å². The molecule has 114 valence electrons. The fraction of sp³-hybridized carbons (Fsp3) is 1.00. The second kappa shape index (κ2) is 6.65. The molecule has 0 bridgehead atoms. The molecule has 0 heterocycles. The fourth-order valence-electron chi connectivity index (χ4n) is 2.07. The summed E-state index contributed by atoms with van der Waals surface area (Å²) in [6.45, 7) is 0. The molecule has 0 amide bonds. The lowest BCUT2D eigenvalue weighted by atomic mass is 9.98. The SMILES string of the molecule is FC(F)(F)C(OC1CCCCCCC1Br)C(F)(F)F. The third-order valence-electron chi connectivity index (χ3n) is 3.03. The molecule has 0 saturated heterocycles. The van der Waals surface area contributed by atoms with Crippen LogP contribution in [0.3, 0.4) is 0 Å². The zero-order valence-electron chi connectivity index (χ0n) is 10.0. The Labute approximate surface area is 115 Å². The van der Waals surface area contributed by atoms with Gasteiger partial charge in [0.1, 0.15) is 0 Å². The smallest absolute Gasteiger partial charge is 0.356 e. The number of rotatable bonds is 2. The van der Waals surface area contributed by atoms with E-state index in [0.29, 0.717) is 12.8 Å². The molecule has 1 fully saturated rings. The average molecular weight is 357 g/mol. The van der Waals surface area contributed by atoms with Crippen LogP contribution >= 0.6 is 15.9 Å². The van der Waals surface area contributed by atoms with Crippen molar-refractivity contribution in [1.29, 1.82) is 0 Å². The molecule has 2 unspecified atom stereocenters. The topological polar surface area (TPSA) is 9.23 Å². The van der Waals surface area contributed by atoms with Crippen LogP contribution in [0.2, 0.25) is 0 Å². The van der Waals surface area contributed by atoms with Gasteiger partial charge in [0.05, 0.1) is 6.10 Å². The monoisotopic (exact) mass is 356 g/mol. The first-order chi connectivity index (χ1) is 8.62. The summed E-state index contributed by atoms with van der Waals surface area (Å²) in [5.41, 5.74) is 0. The van der Waals surface area contributed by atoms with E-state index in [0.717, 1.165) is 19.3 Å². The minimum atomic E-state index is -5.44. The predicted octanol–water partition coefficient (Wildman–Crippen LogP) is 4.98. The molecule has 0 N–H and O–H groups in total. The summed E-state index contributed by atoms with van der Waals surface area (Å²) in [5.74, 6) is 0. The maximum atomic E-state index is 12.4. The van der Waals surface area contributed by atoms with Gasteiger partial charge in [-0.05, 0) is 12.8 Å². The molecule has 0 aromatic heterocycles. The van der Waals surface area contributed by atoms with Crippen LogP contribution in [0.1, 0.15) is 38.5 Å². The molecule has 0 aromatic rings. The highest BCUT2D eigenvalue weighted by Crippen LogP contribution is 2.38. The van der Waals surface area contributed by atoms with Gasteiger partial charge in [-0.2, -0.15) is 26.3 Å². The van der Waals surface area contributed by atoms with Gasteiger partial charge in [0.2, 0.25) is 6.10 Å². The Kier molecular flexibility index (Phi) is 5.97. The van der Waals surface area contributed by atoms with Crippen molar-refractivity contribution in [3.63, 3.8) is 0 Å². The zero-order chi connectivity index (χ0) is 14.7. The minimum Gasteiger partial charge on any atom is -0.356 e. The third-order valence-corrected chi connectivity index (χ3v) is 4.07. The summed E-state index contributed by atoms with van der Waals surface area (Å²) in [6.07, 6.45) is -11.8. The number of alkyl halides is 7. The van der Waals surface area contributed by atoms with Crippen molar-refractivity contribution in [3.05, 3.63) is 0 Å². The fourth-order valence-corrected chi connectivity index (χ4v) is 2.79. The third kappa shape index (κ3) is 5.49. The molecule has 1 rings (SSSR count). The molecular formula is C11H15BrF6O. The van der Waals surface area contributed by atoms with E-state index in [2.05, 4.69) is 20.7 Å². The van der Waals surface area contributed by atoms with Gasteiger partial charge in [-0.25, -0.2) is 0 Å². The van der Waals surface area contributed by atoms with Crippen LogP contribution < -0.4 is 0 Å². The molecule has 1 aliphatic rings. The molecule has 0 spiro atoms. The average Bonchev–Trinajstić information content (AvgIpc) is 2.19. The van der Waals surface area contributed by atoms with E-state index in [4.69, 9.17) is 0 Å². The first-order valence-corrected chi connectivity index (χ1v) is 6.97. The van der Waals surface area contributed by atoms with Crippen LogP contribution in [0.4, 0.5) is 26.3 Å². The van der Waals surface area contributed by atoms with Crippen LogP contribution in [0, 0.1) is 0 Å². The van der Waals surface area contributed by atoms with E-state index in [9.17, 15) is 26.3 Å². The molecule has 1 nitrogen and oxygen atoms in total. The maximum Gasteiger partial charge on any atom is 0.423 e. The molecule has 0 aromatic carbocycles. The Morgan fingerprint density at radius 3 is 1.79 bits per heavy atom. The van der Waals surface area contributed by atoms with Crippen LogP contribution in [0.25, 0.3) is 0 Å². The van der Waals surface area contributed by atoms with Gasteiger partial charge in [0, 0.05) is 4.83 Å². The Hall–Kier alpha value is 0.0200. The Balaban J connectivity index is 2.76. The van der Waals surface area contributed by atoms with E-state index in [1.54, 1.807) is 0 Å². The van der Waals surface area contributed by atoms with Crippen LogP contribution in [0.15, 0.2) is 0 Å². The van der Waals surface area contributed by atoms with Gasteiger partial charge in [0.15, 0.2) is 0 Å². The second-order valence-electron chi connectivity index (χ2n) is 4.65. The van der Waals surface area contributed by atoms with Gasteiger partial charge in [-0.3, -0.25) is 0 Å². The first kappa shape index (κ1) is 17.1. The number of hydrogen-bond acceptors (Lipinski definition) is 1. The predicted molar refractivity (Wildman–Crippen MR) is 61.2 cm³/mol. The minimum absolute atomic E-state index is 0.207. The van der Waals surface area contributed by atoms with E-state index < -0.39 is 29.4 Å². The quantitative estimate of drug-likeness (QED) is 0.500. The van der Waals surface area contributed by atoms with Crippen molar-refractivity contribution >= 4 is 15.9 Å². The highest BCUT2D eigenvalue weighted by atomic mass is 79.9. The zero-order valence-corrected chi connectivity index (χ0v) is 11.6. The van der Waals surface area contributed by atoms with E-state index in [1.807, 2.05) is 0 Å². The Morgan fingerprint density at radius 2 is 1.32 bits per heavy atom. The largest absolute Gasteiger partial charge is 0.423 e. The van der Waals surface area contributed by atoms with E-state index >= 15 is 0 Å². The van der Waals surface area contributed by atoms with Crippen molar-refractivity contribution in [2.75, 3.05) is 0 Å². The summed E-state index contributed by atoms with van der Waals surface area (Å²) in [5, 5.41) is 0. The van der Waals surface area contributed by atoms with Crippen molar-refractivity contribution < 1.29 is 31.1 Å². The van der Waals surface area contributed by atoms with E-state index in [1.165, 1.54) is 0 Å². The highest BCUT2D eigenvalue weighted by molar-refractivity contribution is 9.09. The van der Waals surface area contributed by atoms with Crippen LogP contribution in [-0.4, -0.2) is 29.4 Å². The molecule has 2 atom stereocenters. The van der Waals surface area contributed by atoms with E-state index in [-0.39, 0.29) is 6.42 Å². The Bertz CT molecular complexity index is 263. The standard InChI is InChI=1S/C11H15BrF6O/c12-7-5-3-1-2-4-6-8(7)19-9(10(13,14)15)11(16,17)18/h7-9H,1-6H2. The molecule has 1 aliphatic carbocycles. The lowest BCUT2D eigenvalue weighted by Crippen LogP contribution is -2.48. The molecule has 19 heavy (non-hydrogen) atoms. The van der Waals surface area contributed by atoms with Gasteiger partial charge in [-0.1, -0.05) is 41.6 Å². The van der Waals surface area contributed by atoms with Crippen molar-refractivity contribution in [1.82, 2.24) is 0 Å². The summed E-state index contributed by atoms with van der Waals surface area (Å²) < 4.78 is 78.9. The van der Waals surface area contributed by atoms with Crippen LogP contribution in [-0.2, 0) is 4.74 Å². The molecule has 8 heteroatoms. The lowest BCUT2D eigenvalue weighted by Gasteiger charge is -2.31. The first-order valence-electron chi connectivity index (χ1n) is 6.05. The number of ether oxygens (including phenoxy) is 1. The lowest BCUT2D eigenvalue weighted by molar-refractivity contribution is -0.331. The number of halogens is 7. The second-order valence-corrected chi connectivity index (χ2v) is 5.82. The number of hydrogen-bond donors (Lipinski definition) is 0. The van der Waals surface area contributed by atoms with Gasteiger partial charge >= 0.3 is 12.4 Å². The maximum absolute atomic E-state index is 12.4. The molecular weight excluding hydrogens is 342 g/mol. The summed E-state index contributed by atoms with van der Waals surface area (Å²) in [7, 11) is 0. The Morgan fingerprint density at radius 1 is 0.842 bits per heavy atom. The summed E-state index contributed by atoms with van der Waals surface area (Å²) in [6, 6.07) is 0. The van der Waals surface area contributed by atoms with Gasteiger partial charge < -0.3 is 4.74 Å². The molecule has 0 aliphatic heterocycles. The normalized spacial score (nSPS) is 27.2. The summed E-state index contributed by atoms with van der Waals surface area (Å²) >= 11 is 3.14. The van der Waals surface area contributed by atoms with Gasteiger partial charge in [0.25, 0.3) is 0 Å². The van der Waals surface area contributed by atoms with Crippen LogP contribution in [0.5, 0.6) is 0 Å². The molecule has 0 radical (unpaired) electrons. The van der Waals surface area contributed by atoms with Crippen molar-refractivity contribution in [2.45, 2.75) is 67.9 Å². The summed E-state index contributed by atoms with van der Waals surface area (Å²) in [4.78, 5) is -0.472. The van der Waals surface area contributed by atoms with Crippen molar-refractivity contribution in [3.8, 4) is 0 Å². The highest BCUT2D eigenvalue weighted by Gasteiger charge is 2.59. The molecule has 1 saturated carbocycles.